The van der Waals surface area contributed by atoms with E-state index in [4.69, 9.17) is 0 Å². The summed E-state index contributed by atoms with van der Waals surface area (Å²) in [6.45, 7) is 4.10. The van der Waals surface area contributed by atoms with Gasteiger partial charge in [0.05, 0.1) is 29.1 Å². The topological polar surface area (TPSA) is 145 Å². The summed E-state index contributed by atoms with van der Waals surface area (Å²) >= 11 is 0. The Balaban J connectivity index is 1.84. The van der Waals surface area contributed by atoms with Gasteiger partial charge in [0.25, 0.3) is 5.91 Å². The summed E-state index contributed by atoms with van der Waals surface area (Å²) in [5, 5.41) is 20.5. The number of amides is 3. The van der Waals surface area contributed by atoms with Crippen LogP contribution in [0.4, 0.5) is 27.7 Å². The quantitative estimate of drug-likeness (QED) is 0.294. The number of hydrogen-bond acceptors (Lipinski definition) is 6. The van der Waals surface area contributed by atoms with Gasteiger partial charge in [0.2, 0.25) is 0 Å². The minimum Gasteiger partial charge on any atom is -0.481 e. The van der Waals surface area contributed by atoms with Gasteiger partial charge in [0, 0.05) is 30.7 Å². The third-order valence-corrected chi connectivity index (χ3v) is 5.20. The molecule has 10 nitrogen and oxygen atoms in total. The Morgan fingerprint density at radius 2 is 1.77 bits per heavy atom. The molecule has 0 radical (unpaired) electrons. The molecule has 1 unspecified atom stereocenters. The number of carbonyl (C=O) groups excluding carboxylic acids is 2. The first-order valence-electron chi connectivity index (χ1n) is 11.2. The van der Waals surface area contributed by atoms with Gasteiger partial charge in [-0.1, -0.05) is 19.1 Å². The number of benzene rings is 1. The fourth-order valence-corrected chi connectivity index (χ4v) is 3.33. The number of carboxylic acids is 1. The van der Waals surface area contributed by atoms with E-state index in [0.29, 0.717) is 36.4 Å². The van der Waals surface area contributed by atoms with Gasteiger partial charge in [-0.2, -0.15) is 0 Å². The molecule has 182 valence electrons. The van der Waals surface area contributed by atoms with E-state index in [1.165, 1.54) is 12.4 Å². The molecule has 0 spiro atoms. The molecule has 3 aromatic rings. The Morgan fingerprint density at radius 1 is 1.00 bits per heavy atom. The molecule has 0 aliphatic carbocycles. The van der Waals surface area contributed by atoms with Crippen LogP contribution in [0.5, 0.6) is 0 Å². The number of carboxylic acid groups (broad SMARTS) is 1. The summed E-state index contributed by atoms with van der Waals surface area (Å²) in [4.78, 5) is 44.4. The lowest BCUT2D eigenvalue weighted by Gasteiger charge is -2.15. The normalized spacial score (nSPS) is 11.3. The third kappa shape index (κ3) is 7.26. The molecular weight excluding hydrogens is 448 g/mol. The van der Waals surface area contributed by atoms with Crippen LogP contribution in [0.3, 0.4) is 0 Å². The van der Waals surface area contributed by atoms with Crippen LogP contribution in [-0.2, 0) is 11.2 Å². The van der Waals surface area contributed by atoms with E-state index in [9.17, 15) is 19.5 Å². The molecule has 1 atom stereocenters. The van der Waals surface area contributed by atoms with Crippen molar-refractivity contribution in [1.82, 2.24) is 15.3 Å². The van der Waals surface area contributed by atoms with Crippen molar-refractivity contribution in [2.24, 2.45) is 5.92 Å². The molecule has 0 saturated carbocycles. The maximum absolute atomic E-state index is 13.0. The summed E-state index contributed by atoms with van der Waals surface area (Å²) < 4.78 is 0. The van der Waals surface area contributed by atoms with Gasteiger partial charge in [0.15, 0.2) is 0 Å². The van der Waals surface area contributed by atoms with Gasteiger partial charge >= 0.3 is 12.0 Å². The first-order chi connectivity index (χ1) is 16.9. The van der Waals surface area contributed by atoms with Gasteiger partial charge in [-0.05, 0) is 49.6 Å². The maximum Gasteiger partial charge on any atom is 0.320 e. The molecule has 5 N–H and O–H groups in total. The summed E-state index contributed by atoms with van der Waals surface area (Å²) in [6, 6.07) is 11.9. The summed E-state index contributed by atoms with van der Waals surface area (Å²) in [6.07, 6.45) is 5.49. The zero-order valence-corrected chi connectivity index (χ0v) is 19.5. The molecule has 3 amide bonds. The van der Waals surface area contributed by atoms with Gasteiger partial charge in [-0.15, -0.1) is 0 Å². The van der Waals surface area contributed by atoms with Crippen LogP contribution in [0.1, 0.15) is 36.2 Å². The molecule has 0 bridgehead atoms. The van der Waals surface area contributed by atoms with E-state index in [1.54, 1.807) is 31.3 Å². The average Bonchev–Trinajstić information content (AvgIpc) is 2.84. The van der Waals surface area contributed by atoms with E-state index in [0.717, 1.165) is 5.56 Å². The van der Waals surface area contributed by atoms with Gasteiger partial charge in [-0.25, -0.2) is 9.78 Å². The van der Waals surface area contributed by atoms with E-state index >= 15 is 0 Å². The number of rotatable bonds is 10. The van der Waals surface area contributed by atoms with Crippen LogP contribution in [0, 0.1) is 5.92 Å². The molecular formula is C25H28N6O4. The van der Waals surface area contributed by atoms with Crippen LogP contribution in [0.15, 0.2) is 61.1 Å². The van der Waals surface area contributed by atoms with E-state index in [-0.39, 0.29) is 11.4 Å². The highest BCUT2D eigenvalue weighted by Crippen LogP contribution is 2.25. The number of anilines is 4. The highest BCUT2D eigenvalue weighted by molar-refractivity contribution is 6.08. The van der Waals surface area contributed by atoms with Crippen molar-refractivity contribution in [2.45, 2.75) is 26.7 Å². The predicted octanol–water partition coefficient (Wildman–Crippen LogP) is 4.27. The number of hydrogen-bond donors (Lipinski definition) is 5. The molecule has 10 heteroatoms. The Labute approximate surface area is 203 Å². The first kappa shape index (κ1) is 25.2. The average molecular weight is 477 g/mol. The molecule has 2 heterocycles. The molecule has 0 saturated heterocycles. The number of urea groups is 1. The smallest absolute Gasteiger partial charge is 0.320 e. The zero-order valence-electron chi connectivity index (χ0n) is 19.5. The monoisotopic (exact) mass is 476 g/mol. The Hall–Kier alpha value is -4.47. The number of nitrogens with one attached hydrogen (secondary N) is 4. The second-order valence-electron chi connectivity index (χ2n) is 7.76. The van der Waals surface area contributed by atoms with Crippen molar-refractivity contribution >= 4 is 40.8 Å². The fourth-order valence-electron chi connectivity index (χ4n) is 3.33. The minimum atomic E-state index is -0.817. The lowest BCUT2D eigenvalue weighted by Crippen LogP contribution is -2.28. The zero-order chi connectivity index (χ0) is 25.2. The standard InChI is InChI=1S/C25H28N6O4/c1-3-17(24(33)34)12-16-7-9-18(10-8-16)29-21-13-22(31-25(35)27-4-2)28-15-20(21)23(32)30-19-6-5-11-26-14-19/h5-11,13-15,17H,3-4,12H2,1-2H3,(H,30,32)(H,33,34)(H3,27,28,29,31,35). The first-order valence-corrected chi connectivity index (χ1v) is 11.2. The van der Waals surface area contributed by atoms with Crippen LogP contribution >= 0.6 is 0 Å². The van der Waals surface area contributed by atoms with E-state index in [2.05, 4.69) is 31.2 Å². The second kappa shape index (κ2) is 12.1. The molecule has 2 aromatic heterocycles. The van der Waals surface area contributed by atoms with Crippen molar-refractivity contribution in [1.29, 1.82) is 0 Å². The highest BCUT2D eigenvalue weighted by atomic mass is 16.4. The van der Waals surface area contributed by atoms with Gasteiger partial charge < -0.3 is 21.1 Å². The van der Waals surface area contributed by atoms with Crippen molar-refractivity contribution in [3.8, 4) is 0 Å². The summed E-state index contributed by atoms with van der Waals surface area (Å²) in [5.41, 5.74) is 2.80. The third-order valence-electron chi connectivity index (χ3n) is 5.20. The second-order valence-corrected chi connectivity index (χ2v) is 7.76. The number of aromatic nitrogens is 2. The van der Waals surface area contributed by atoms with Crippen LogP contribution in [0.2, 0.25) is 0 Å². The lowest BCUT2D eigenvalue weighted by molar-refractivity contribution is -0.141. The van der Waals surface area contributed by atoms with Gasteiger partial charge in [0.1, 0.15) is 5.82 Å². The molecule has 0 fully saturated rings. The van der Waals surface area contributed by atoms with Crippen molar-refractivity contribution in [3.63, 3.8) is 0 Å². The Kier molecular flexibility index (Phi) is 8.71. The fraction of sp³-hybridized carbons (Fsp3) is 0.240. The Bertz CT molecular complexity index is 1170. The number of nitrogens with zero attached hydrogens (tertiary/aromatic N) is 2. The van der Waals surface area contributed by atoms with Crippen LogP contribution in [-0.4, -0.2) is 39.5 Å². The summed E-state index contributed by atoms with van der Waals surface area (Å²) in [7, 11) is 0. The SMILES string of the molecule is CCNC(=O)Nc1cc(Nc2ccc(CC(CC)C(=O)O)cc2)c(C(=O)Nc2cccnc2)cn1. The molecule has 3 rings (SSSR count). The van der Waals surface area contributed by atoms with E-state index < -0.39 is 23.8 Å². The van der Waals surface area contributed by atoms with Crippen molar-refractivity contribution < 1.29 is 19.5 Å². The molecule has 0 aliphatic heterocycles. The predicted molar refractivity (Wildman–Crippen MR) is 134 cm³/mol. The maximum atomic E-state index is 13.0. The largest absolute Gasteiger partial charge is 0.481 e. The number of aliphatic carboxylic acids is 1. The summed E-state index contributed by atoms with van der Waals surface area (Å²) in [5.74, 6) is -1.40. The van der Waals surface area contributed by atoms with Crippen molar-refractivity contribution in [3.05, 3.63) is 72.2 Å². The van der Waals surface area contributed by atoms with Crippen molar-refractivity contribution in [2.75, 3.05) is 22.5 Å². The molecule has 0 aliphatic rings. The Morgan fingerprint density at radius 3 is 2.40 bits per heavy atom. The molecule has 35 heavy (non-hydrogen) atoms. The number of pyridine rings is 2. The highest BCUT2D eigenvalue weighted by Gasteiger charge is 2.17. The number of carbonyl (C=O) groups is 3. The van der Waals surface area contributed by atoms with Crippen LogP contribution < -0.4 is 21.3 Å². The minimum absolute atomic E-state index is 0.260. The lowest BCUT2D eigenvalue weighted by atomic mass is 9.97. The van der Waals surface area contributed by atoms with E-state index in [1.807, 2.05) is 31.2 Å². The van der Waals surface area contributed by atoms with Crippen LogP contribution in [0.25, 0.3) is 0 Å². The molecule has 1 aromatic carbocycles. The van der Waals surface area contributed by atoms with Gasteiger partial charge in [-0.3, -0.25) is 19.9 Å².